The van der Waals surface area contributed by atoms with E-state index in [0.29, 0.717) is 17.5 Å². The number of fused-ring (bicyclic) bond motifs is 1. The van der Waals surface area contributed by atoms with E-state index >= 15 is 0 Å². The highest BCUT2D eigenvalue weighted by atomic mass is 79.9. The highest BCUT2D eigenvalue weighted by Gasteiger charge is 2.33. The van der Waals surface area contributed by atoms with E-state index in [1.54, 1.807) is 28.9 Å². The van der Waals surface area contributed by atoms with Crippen molar-refractivity contribution in [2.24, 2.45) is 0 Å². The molecule has 0 saturated heterocycles. The molecule has 1 N–H and O–H groups in total. The SMILES string of the molecule is CC(CCO)n1nc2cc(-c3ccccc3C(F)(F)F)ccc2c1Br. The lowest BCUT2D eigenvalue weighted by Gasteiger charge is -2.12. The van der Waals surface area contributed by atoms with Crippen LogP contribution >= 0.6 is 15.9 Å². The lowest BCUT2D eigenvalue weighted by Crippen LogP contribution is -2.08. The highest BCUT2D eigenvalue weighted by Crippen LogP contribution is 2.38. The fourth-order valence-corrected chi connectivity index (χ4v) is 3.59. The first-order valence-corrected chi connectivity index (χ1v) is 8.57. The number of benzene rings is 2. The summed E-state index contributed by atoms with van der Waals surface area (Å²) in [5.74, 6) is 0. The van der Waals surface area contributed by atoms with Gasteiger partial charge < -0.3 is 5.11 Å². The molecular weight excluding hydrogens is 397 g/mol. The van der Waals surface area contributed by atoms with E-state index in [-0.39, 0.29) is 18.2 Å². The van der Waals surface area contributed by atoms with Crippen molar-refractivity contribution in [1.82, 2.24) is 9.78 Å². The third-order valence-electron chi connectivity index (χ3n) is 4.14. The molecule has 0 amide bonds. The van der Waals surface area contributed by atoms with Crippen LogP contribution in [-0.2, 0) is 6.18 Å². The molecule has 3 rings (SSSR count). The number of aliphatic hydroxyl groups is 1. The van der Waals surface area contributed by atoms with Crippen LogP contribution in [0, 0.1) is 0 Å². The van der Waals surface area contributed by atoms with Gasteiger partial charge in [-0.3, -0.25) is 4.68 Å². The number of halogens is 4. The number of hydrogen-bond acceptors (Lipinski definition) is 2. The topological polar surface area (TPSA) is 38.0 Å². The van der Waals surface area contributed by atoms with Gasteiger partial charge in [0, 0.05) is 12.0 Å². The molecule has 3 nitrogen and oxygen atoms in total. The van der Waals surface area contributed by atoms with Crippen LogP contribution in [0.1, 0.15) is 24.9 Å². The number of rotatable bonds is 4. The molecule has 132 valence electrons. The molecule has 3 aromatic rings. The Bertz CT molecular complexity index is 905. The van der Waals surface area contributed by atoms with Crippen molar-refractivity contribution in [2.75, 3.05) is 6.61 Å². The zero-order valence-corrected chi connectivity index (χ0v) is 15.0. The number of aliphatic hydroxyl groups excluding tert-OH is 1. The van der Waals surface area contributed by atoms with E-state index in [4.69, 9.17) is 5.11 Å². The van der Waals surface area contributed by atoms with Gasteiger partial charge in [-0.05, 0) is 58.6 Å². The largest absolute Gasteiger partial charge is 0.417 e. The van der Waals surface area contributed by atoms with Crippen LogP contribution in [0.2, 0.25) is 0 Å². The molecule has 0 radical (unpaired) electrons. The molecule has 0 aliphatic rings. The van der Waals surface area contributed by atoms with E-state index in [1.165, 1.54) is 12.1 Å². The molecular formula is C18H16BrF3N2O. The van der Waals surface area contributed by atoms with E-state index in [2.05, 4.69) is 21.0 Å². The first-order valence-electron chi connectivity index (χ1n) is 7.78. The van der Waals surface area contributed by atoms with Crippen LogP contribution in [-0.4, -0.2) is 21.5 Å². The van der Waals surface area contributed by atoms with Crippen molar-refractivity contribution in [3.05, 3.63) is 52.6 Å². The lowest BCUT2D eigenvalue weighted by atomic mass is 9.98. The van der Waals surface area contributed by atoms with Crippen molar-refractivity contribution < 1.29 is 18.3 Å². The summed E-state index contributed by atoms with van der Waals surface area (Å²) in [7, 11) is 0. The second kappa shape index (κ2) is 6.80. The molecule has 0 aliphatic heterocycles. The summed E-state index contributed by atoms with van der Waals surface area (Å²) in [6.45, 7) is 1.96. The average molecular weight is 413 g/mol. The van der Waals surface area contributed by atoms with E-state index in [1.807, 2.05) is 6.92 Å². The minimum Gasteiger partial charge on any atom is -0.396 e. The standard InChI is InChI=1S/C18H16BrF3N2O/c1-11(8-9-25)24-17(19)14-7-6-12(10-16(14)23-24)13-4-2-3-5-15(13)18(20,21)22/h2-7,10-11,25H,8-9H2,1H3. The summed E-state index contributed by atoms with van der Waals surface area (Å²) in [4.78, 5) is 0. The second-order valence-electron chi connectivity index (χ2n) is 5.87. The van der Waals surface area contributed by atoms with Crippen LogP contribution in [0.15, 0.2) is 47.1 Å². The summed E-state index contributed by atoms with van der Waals surface area (Å²) >= 11 is 3.49. The zero-order valence-electron chi connectivity index (χ0n) is 13.4. The van der Waals surface area contributed by atoms with Gasteiger partial charge in [-0.2, -0.15) is 18.3 Å². The minimum atomic E-state index is -4.42. The molecule has 0 spiro atoms. The van der Waals surface area contributed by atoms with Gasteiger partial charge in [0.1, 0.15) is 4.60 Å². The van der Waals surface area contributed by atoms with Gasteiger partial charge in [0.15, 0.2) is 0 Å². The summed E-state index contributed by atoms with van der Waals surface area (Å²) in [6.07, 6.45) is -3.88. The van der Waals surface area contributed by atoms with Crippen molar-refractivity contribution >= 4 is 26.8 Å². The Balaban J connectivity index is 2.12. The third-order valence-corrected chi connectivity index (χ3v) is 4.93. The van der Waals surface area contributed by atoms with E-state index < -0.39 is 11.7 Å². The first kappa shape index (κ1) is 17.9. The Morgan fingerprint density at radius 2 is 1.92 bits per heavy atom. The maximum Gasteiger partial charge on any atom is 0.417 e. The maximum absolute atomic E-state index is 13.3. The summed E-state index contributed by atoms with van der Waals surface area (Å²) in [5, 5.41) is 14.4. The molecule has 25 heavy (non-hydrogen) atoms. The van der Waals surface area contributed by atoms with Crippen molar-refractivity contribution in [3.63, 3.8) is 0 Å². The van der Waals surface area contributed by atoms with Gasteiger partial charge in [0.2, 0.25) is 0 Å². The van der Waals surface area contributed by atoms with Crippen molar-refractivity contribution in [3.8, 4) is 11.1 Å². The Hall–Kier alpha value is -1.86. The van der Waals surface area contributed by atoms with Crippen LogP contribution in [0.5, 0.6) is 0 Å². The van der Waals surface area contributed by atoms with Gasteiger partial charge in [-0.15, -0.1) is 0 Å². The van der Waals surface area contributed by atoms with Crippen molar-refractivity contribution in [2.45, 2.75) is 25.6 Å². The smallest absolute Gasteiger partial charge is 0.396 e. The molecule has 0 bridgehead atoms. The normalized spacial score (nSPS) is 13.4. The highest BCUT2D eigenvalue weighted by molar-refractivity contribution is 9.10. The maximum atomic E-state index is 13.3. The number of hydrogen-bond donors (Lipinski definition) is 1. The Morgan fingerprint density at radius 1 is 1.20 bits per heavy atom. The number of aromatic nitrogens is 2. The van der Waals surface area contributed by atoms with Crippen LogP contribution in [0.25, 0.3) is 22.0 Å². The Kier molecular flexibility index (Phi) is 4.88. The average Bonchev–Trinajstić information content (AvgIpc) is 2.91. The summed E-state index contributed by atoms with van der Waals surface area (Å²) in [5.41, 5.74) is 0.533. The van der Waals surface area contributed by atoms with Crippen LogP contribution < -0.4 is 0 Å². The molecule has 7 heteroatoms. The first-order chi connectivity index (χ1) is 11.8. The molecule has 0 aliphatic carbocycles. The van der Waals surface area contributed by atoms with Crippen LogP contribution in [0.3, 0.4) is 0 Å². The lowest BCUT2D eigenvalue weighted by molar-refractivity contribution is -0.137. The van der Waals surface area contributed by atoms with Gasteiger partial charge in [-0.25, -0.2) is 0 Å². The third kappa shape index (κ3) is 3.43. The molecule has 1 atom stereocenters. The Labute approximate surface area is 151 Å². The van der Waals surface area contributed by atoms with Gasteiger partial charge in [0.25, 0.3) is 0 Å². The van der Waals surface area contributed by atoms with E-state index in [0.717, 1.165) is 16.1 Å². The molecule has 1 heterocycles. The number of alkyl halides is 3. The summed E-state index contributed by atoms with van der Waals surface area (Å²) < 4.78 is 42.3. The quantitative estimate of drug-likeness (QED) is 0.620. The second-order valence-corrected chi connectivity index (χ2v) is 6.62. The molecule has 0 fully saturated rings. The molecule has 2 aromatic carbocycles. The molecule has 1 aromatic heterocycles. The zero-order chi connectivity index (χ0) is 18.2. The molecule has 1 unspecified atom stereocenters. The predicted molar refractivity (Wildman–Crippen MR) is 94.3 cm³/mol. The van der Waals surface area contributed by atoms with Gasteiger partial charge in [-0.1, -0.05) is 24.3 Å². The monoisotopic (exact) mass is 412 g/mol. The van der Waals surface area contributed by atoms with E-state index in [9.17, 15) is 13.2 Å². The fraction of sp³-hybridized carbons (Fsp3) is 0.278. The molecule has 0 saturated carbocycles. The minimum absolute atomic E-state index is 0.0299. The van der Waals surface area contributed by atoms with Crippen molar-refractivity contribution in [1.29, 1.82) is 0 Å². The fourth-order valence-electron chi connectivity index (χ4n) is 2.82. The number of nitrogens with zero attached hydrogens (tertiary/aromatic N) is 2. The van der Waals surface area contributed by atoms with Crippen LogP contribution in [0.4, 0.5) is 13.2 Å². The van der Waals surface area contributed by atoms with Gasteiger partial charge >= 0.3 is 6.18 Å². The predicted octanol–water partition coefficient (Wildman–Crippen LogP) is 5.43. The summed E-state index contributed by atoms with van der Waals surface area (Å²) in [6, 6.07) is 10.6. The van der Waals surface area contributed by atoms with Gasteiger partial charge in [0.05, 0.1) is 17.1 Å². The Morgan fingerprint density at radius 3 is 2.60 bits per heavy atom.